The van der Waals surface area contributed by atoms with Gasteiger partial charge in [0.05, 0.1) is 23.9 Å². The predicted molar refractivity (Wildman–Crippen MR) is 186 cm³/mol. The Hall–Kier alpha value is -4.24. The van der Waals surface area contributed by atoms with Crippen LogP contribution in [0.3, 0.4) is 0 Å². The van der Waals surface area contributed by atoms with Crippen LogP contribution in [-0.2, 0) is 22.5 Å². The molecule has 1 N–H and O–H groups in total. The number of ether oxygens (including phenoxy) is 2. The Balaban J connectivity index is 1.40. The monoisotopic (exact) mass is 637 g/mol. The number of fused-ring (bicyclic) bond motifs is 2. The van der Waals surface area contributed by atoms with Gasteiger partial charge in [0.15, 0.2) is 6.10 Å². The predicted octanol–water partition coefficient (Wildman–Crippen LogP) is 7.45. The first-order valence-corrected chi connectivity index (χ1v) is 16.6. The van der Waals surface area contributed by atoms with E-state index in [-0.39, 0.29) is 5.41 Å². The molecule has 2 aromatic carbocycles. The summed E-state index contributed by atoms with van der Waals surface area (Å²) in [5.41, 5.74) is 8.18. The number of rotatable bonds is 7. The first kappa shape index (κ1) is 32.7. The lowest BCUT2D eigenvalue weighted by Gasteiger charge is -2.41. The number of carboxylic acids is 1. The lowest BCUT2D eigenvalue weighted by Crippen LogP contribution is -2.39. The van der Waals surface area contributed by atoms with Gasteiger partial charge in [-0.2, -0.15) is 0 Å². The molecule has 0 saturated carbocycles. The van der Waals surface area contributed by atoms with Gasteiger partial charge in [-0.3, -0.25) is 4.98 Å². The Morgan fingerprint density at radius 2 is 1.70 bits per heavy atom. The second-order valence-corrected chi connectivity index (χ2v) is 14.8. The highest BCUT2D eigenvalue weighted by molar-refractivity contribution is 5.88. The van der Waals surface area contributed by atoms with Gasteiger partial charge in [0, 0.05) is 66.3 Å². The maximum absolute atomic E-state index is 12.9. The number of hydrogen-bond acceptors (Lipinski definition) is 8. The van der Waals surface area contributed by atoms with Crippen molar-refractivity contribution < 1.29 is 19.4 Å². The number of methoxy groups -OCH3 is 1. The molecule has 0 radical (unpaired) electrons. The summed E-state index contributed by atoms with van der Waals surface area (Å²) in [5.74, 6) is 0.477. The van der Waals surface area contributed by atoms with E-state index in [0.717, 1.165) is 78.1 Å². The molecule has 9 nitrogen and oxygen atoms in total. The van der Waals surface area contributed by atoms with Crippen molar-refractivity contribution in [1.82, 2.24) is 15.0 Å². The van der Waals surface area contributed by atoms with Crippen LogP contribution in [0.5, 0.6) is 5.75 Å². The number of aryl methyl sites for hydroxylation is 2. The largest absolute Gasteiger partial charge is 0.497 e. The van der Waals surface area contributed by atoms with Crippen molar-refractivity contribution in [3.63, 3.8) is 0 Å². The maximum Gasteiger partial charge on any atom is 0.337 e. The van der Waals surface area contributed by atoms with Gasteiger partial charge in [0.2, 0.25) is 5.95 Å². The highest BCUT2D eigenvalue weighted by atomic mass is 16.5. The molecule has 4 heterocycles. The number of piperidine rings is 1. The number of anilines is 2. The number of benzene rings is 2. The highest BCUT2D eigenvalue weighted by Gasteiger charge is 2.36. The number of carboxylic acid groups (broad SMARTS) is 1. The first-order chi connectivity index (χ1) is 22.2. The normalized spacial score (nSPS) is 17.0. The van der Waals surface area contributed by atoms with Gasteiger partial charge >= 0.3 is 5.97 Å². The zero-order chi connectivity index (χ0) is 33.7. The average molecular weight is 638 g/mol. The number of aliphatic carboxylic acids is 1. The number of aromatic nitrogens is 3. The van der Waals surface area contributed by atoms with Crippen molar-refractivity contribution in [2.75, 3.05) is 36.5 Å². The molecule has 4 aromatic rings. The molecular weight excluding hydrogens is 590 g/mol. The van der Waals surface area contributed by atoms with E-state index in [2.05, 4.69) is 46.8 Å². The van der Waals surface area contributed by atoms with Crippen molar-refractivity contribution in [3.8, 4) is 16.9 Å². The van der Waals surface area contributed by atoms with E-state index in [1.807, 2.05) is 59.0 Å². The summed E-state index contributed by atoms with van der Waals surface area (Å²) < 4.78 is 11.7. The third-order valence-corrected chi connectivity index (χ3v) is 9.54. The molecule has 2 aromatic heterocycles. The Labute approximate surface area is 278 Å². The molecule has 1 saturated heterocycles. The molecule has 47 heavy (non-hydrogen) atoms. The Kier molecular flexibility index (Phi) is 8.63. The lowest BCUT2D eigenvalue weighted by atomic mass is 9.81. The Morgan fingerprint density at radius 1 is 0.957 bits per heavy atom. The number of hydrogen-bond donors (Lipinski definition) is 1. The smallest absolute Gasteiger partial charge is 0.337 e. The number of carbonyl (C=O) groups is 1. The van der Waals surface area contributed by atoms with Gasteiger partial charge in [-0.1, -0.05) is 32.0 Å². The second kappa shape index (κ2) is 12.4. The maximum atomic E-state index is 12.9. The van der Waals surface area contributed by atoms with Crippen LogP contribution in [0.1, 0.15) is 81.6 Å². The van der Waals surface area contributed by atoms with E-state index in [1.165, 1.54) is 11.1 Å². The van der Waals surface area contributed by atoms with Crippen molar-refractivity contribution >= 4 is 28.5 Å². The fourth-order valence-corrected chi connectivity index (χ4v) is 6.91. The molecule has 6 rings (SSSR count). The summed E-state index contributed by atoms with van der Waals surface area (Å²) in [7, 11) is 1.66. The molecule has 2 aliphatic rings. The molecule has 2 aliphatic heterocycles. The summed E-state index contributed by atoms with van der Waals surface area (Å²) in [6, 6.07) is 12.5. The van der Waals surface area contributed by atoms with Gasteiger partial charge in [0.1, 0.15) is 5.75 Å². The minimum Gasteiger partial charge on any atom is -0.497 e. The van der Waals surface area contributed by atoms with Gasteiger partial charge in [-0.25, -0.2) is 14.8 Å². The first-order valence-electron chi connectivity index (χ1n) is 16.6. The van der Waals surface area contributed by atoms with Crippen LogP contribution in [0.25, 0.3) is 22.0 Å². The minimum atomic E-state index is -1.14. The second-order valence-electron chi connectivity index (χ2n) is 14.8. The van der Waals surface area contributed by atoms with Crippen LogP contribution in [0, 0.1) is 19.3 Å². The third-order valence-electron chi connectivity index (χ3n) is 9.54. The number of nitrogens with zero attached hydrogens (tertiary/aromatic N) is 5. The van der Waals surface area contributed by atoms with Crippen molar-refractivity contribution in [2.24, 2.45) is 5.41 Å². The van der Waals surface area contributed by atoms with Crippen LogP contribution in [-0.4, -0.2) is 58.4 Å². The molecule has 0 amide bonds. The Bertz CT molecular complexity index is 1820. The van der Waals surface area contributed by atoms with Crippen LogP contribution in [0.2, 0.25) is 0 Å². The van der Waals surface area contributed by atoms with E-state index in [9.17, 15) is 9.90 Å². The molecule has 1 unspecified atom stereocenters. The fraction of sp³-hybridized carbons (Fsp3) is 0.474. The zero-order valence-electron chi connectivity index (χ0n) is 29.0. The molecular formula is C38H47N5O4. The van der Waals surface area contributed by atoms with E-state index in [4.69, 9.17) is 19.4 Å². The quantitative estimate of drug-likeness (QED) is 0.221. The molecule has 0 spiro atoms. The average Bonchev–Trinajstić information content (AvgIpc) is 3.02. The molecule has 9 heteroatoms. The lowest BCUT2D eigenvalue weighted by molar-refractivity contribution is -0.160. The van der Waals surface area contributed by atoms with Gasteiger partial charge in [-0.15, -0.1) is 0 Å². The van der Waals surface area contributed by atoms with E-state index >= 15 is 0 Å². The van der Waals surface area contributed by atoms with E-state index < -0.39 is 17.7 Å². The van der Waals surface area contributed by atoms with Gasteiger partial charge < -0.3 is 24.4 Å². The molecule has 0 aliphatic carbocycles. The Morgan fingerprint density at radius 3 is 2.38 bits per heavy atom. The van der Waals surface area contributed by atoms with Crippen LogP contribution in [0.15, 0.2) is 42.6 Å². The summed E-state index contributed by atoms with van der Waals surface area (Å²) in [4.78, 5) is 32.0. The standard InChI is InChI=1S/C38H47N5O4/c1-23-31(33(42-17-14-38(6,7)15-18-42)32(24(2)40-23)34(35(44)45)47-37(3,4)5)26-9-10-28-22-43(16-13-25(28)19-26)36-39-21-27-11-12-29(46-8)20-30(27)41-36/h9-12,19-21,34H,13-18,22H2,1-8H3,(H,44,45). The zero-order valence-corrected chi connectivity index (χ0v) is 29.0. The van der Waals surface area contributed by atoms with E-state index in [0.29, 0.717) is 23.8 Å². The van der Waals surface area contributed by atoms with Crippen LogP contribution in [0.4, 0.5) is 11.6 Å². The topological polar surface area (TPSA) is 101 Å². The van der Waals surface area contributed by atoms with Crippen LogP contribution >= 0.6 is 0 Å². The summed E-state index contributed by atoms with van der Waals surface area (Å²) in [5, 5.41) is 11.5. The van der Waals surface area contributed by atoms with E-state index in [1.54, 1.807) is 7.11 Å². The number of pyridine rings is 1. The summed E-state index contributed by atoms with van der Waals surface area (Å²) >= 11 is 0. The fourth-order valence-electron chi connectivity index (χ4n) is 6.91. The SMILES string of the molecule is COc1ccc2cnc(N3CCc4cc(-c5c(C)nc(C)c(C(OC(C)(C)C)C(=O)O)c5N5CCC(C)(C)CC5)ccc4C3)nc2c1. The van der Waals surface area contributed by atoms with Crippen molar-refractivity contribution in [3.05, 3.63) is 70.7 Å². The summed E-state index contributed by atoms with van der Waals surface area (Å²) in [6.07, 6.45) is 3.62. The molecule has 1 atom stereocenters. The minimum absolute atomic E-state index is 0.237. The van der Waals surface area contributed by atoms with Crippen molar-refractivity contribution in [1.29, 1.82) is 0 Å². The van der Waals surface area contributed by atoms with Gasteiger partial charge in [-0.05, 0) is 88.1 Å². The molecule has 0 bridgehead atoms. The van der Waals surface area contributed by atoms with Crippen molar-refractivity contribution in [2.45, 2.75) is 86.0 Å². The molecule has 1 fully saturated rings. The third kappa shape index (κ3) is 6.77. The van der Waals surface area contributed by atoms with Gasteiger partial charge in [0.25, 0.3) is 0 Å². The van der Waals surface area contributed by atoms with Crippen LogP contribution < -0.4 is 14.5 Å². The molecule has 248 valence electrons. The highest BCUT2D eigenvalue weighted by Crippen LogP contribution is 2.45. The summed E-state index contributed by atoms with van der Waals surface area (Å²) in [6.45, 7) is 17.4.